The van der Waals surface area contributed by atoms with Gasteiger partial charge >= 0.3 is 0 Å². The third-order valence-corrected chi connectivity index (χ3v) is 3.20. The Labute approximate surface area is 114 Å². The fourth-order valence-electron chi connectivity index (χ4n) is 1.85. The minimum Gasteiger partial charge on any atom is -0.358 e. The predicted octanol–water partition coefficient (Wildman–Crippen LogP) is 3.03. The van der Waals surface area contributed by atoms with Gasteiger partial charge in [0.05, 0.1) is 0 Å². The maximum atomic E-state index is 10.3. The van der Waals surface area contributed by atoms with E-state index in [9.17, 15) is 4.79 Å². The van der Waals surface area contributed by atoms with Gasteiger partial charge in [0.1, 0.15) is 0 Å². The van der Waals surface area contributed by atoms with Crippen LogP contribution in [0.25, 0.3) is 5.70 Å². The monoisotopic (exact) mass is 264 g/mol. The lowest BCUT2D eigenvalue weighted by molar-refractivity contribution is -0.109. The highest BCUT2D eigenvalue weighted by atomic mass is 32.1. The SMILES string of the molecule is CC(/C=C\S)=C(/C)n1cccc1C(C)CNC=O. The quantitative estimate of drug-likeness (QED) is 0.462. The molecule has 18 heavy (non-hydrogen) atoms. The highest BCUT2D eigenvalue weighted by molar-refractivity contribution is 7.83. The number of nitrogens with zero attached hydrogens (tertiary/aromatic N) is 1. The van der Waals surface area contributed by atoms with Crippen LogP contribution in [0.5, 0.6) is 0 Å². The van der Waals surface area contributed by atoms with E-state index in [-0.39, 0.29) is 5.92 Å². The summed E-state index contributed by atoms with van der Waals surface area (Å²) in [7, 11) is 0. The average Bonchev–Trinajstić information content (AvgIpc) is 2.84. The second-order valence-electron chi connectivity index (χ2n) is 4.31. The molecule has 98 valence electrons. The van der Waals surface area contributed by atoms with Crippen molar-refractivity contribution in [3.05, 3.63) is 41.1 Å². The van der Waals surface area contributed by atoms with Gasteiger partial charge in [-0.2, -0.15) is 12.6 Å². The van der Waals surface area contributed by atoms with Gasteiger partial charge in [-0.05, 0) is 37.0 Å². The fraction of sp³-hybridized carbons (Fsp3) is 0.357. The van der Waals surface area contributed by atoms with Gasteiger partial charge in [-0.1, -0.05) is 13.0 Å². The zero-order chi connectivity index (χ0) is 13.5. The zero-order valence-electron chi connectivity index (χ0n) is 11.1. The number of allylic oxidation sites excluding steroid dienone is 3. The van der Waals surface area contributed by atoms with Crippen LogP contribution in [-0.4, -0.2) is 17.5 Å². The second-order valence-corrected chi connectivity index (χ2v) is 4.61. The third kappa shape index (κ3) is 3.53. The Kier molecular flexibility index (Phi) is 5.78. The smallest absolute Gasteiger partial charge is 0.207 e. The van der Waals surface area contributed by atoms with Gasteiger partial charge in [0.2, 0.25) is 6.41 Å². The summed E-state index contributed by atoms with van der Waals surface area (Å²) in [5, 5.41) is 4.46. The van der Waals surface area contributed by atoms with Crippen LogP contribution in [-0.2, 0) is 4.79 Å². The normalized spacial score (nSPS) is 14.4. The van der Waals surface area contributed by atoms with E-state index < -0.39 is 0 Å². The summed E-state index contributed by atoms with van der Waals surface area (Å²) >= 11 is 4.09. The van der Waals surface area contributed by atoms with Gasteiger partial charge in [-0.3, -0.25) is 4.79 Å². The molecule has 1 amide bonds. The molecule has 0 radical (unpaired) electrons. The van der Waals surface area contributed by atoms with Crippen LogP contribution < -0.4 is 5.32 Å². The molecule has 0 aliphatic heterocycles. The molecule has 0 saturated carbocycles. The van der Waals surface area contributed by atoms with Crippen LogP contribution in [0.1, 0.15) is 32.4 Å². The summed E-state index contributed by atoms with van der Waals surface area (Å²) in [6, 6.07) is 4.10. The number of carbonyl (C=O) groups excluding carboxylic acids is 1. The minimum atomic E-state index is 0.271. The molecule has 0 fully saturated rings. The van der Waals surface area contributed by atoms with Crippen LogP contribution in [0.4, 0.5) is 0 Å². The number of carbonyl (C=O) groups is 1. The van der Waals surface area contributed by atoms with Crippen LogP contribution in [0.15, 0.2) is 35.4 Å². The first kappa shape index (κ1) is 14.6. The summed E-state index contributed by atoms with van der Waals surface area (Å²) in [6.45, 7) is 6.87. The predicted molar refractivity (Wildman–Crippen MR) is 79.6 cm³/mol. The van der Waals surface area contributed by atoms with Gasteiger partial charge < -0.3 is 9.88 Å². The van der Waals surface area contributed by atoms with Crippen molar-refractivity contribution in [1.82, 2.24) is 9.88 Å². The highest BCUT2D eigenvalue weighted by Crippen LogP contribution is 2.21. The standard InChI is InChI=1S/C14H20N2OS/c1-11(6-8-18)13(3)16-7-4-5-14(16)12(2)9-15-10-17/h4-8,10,12,18H,9H2,1-3H3,(H,15,17)/b8-6-,13-11+. The molecule has 0 aliphatic rings. The molecule has 0 spiro atoms. The van der Waals surface area contributed by atoms with Crippen molar-refractivity contribution in [2.45, 2.75) is 26.7 Å². The largest absolute Gasteiger partial charge is 0.358 e. The Bertz CT molecular complexity index is 460. The van der Waals surface area contributed by atoms with Gasteiger partial charge in [0, 0.05) is 30.1 Å². The second kappa shape index (κ2) is 7.11. The molecule has 1 rings (SSSR count). The highest BCUT2D eigenvalue weighted by Gasteiger charge is 2.11. The van der Waals surface area contributed by atoms with Crippen molar-refractivity contribution < 1.29 is 4.79 Å². The summed E-state index contributed by atoms with van der Waals surface area (Å²) < 4.78 is 2.15. The van der Waals surface area contributed by atoms with Crippen molar-refractivity contribution in [2.24, 2.45) is 0 Å². The van der Waals surface area contributed by atoms with Crippen LogP contribution in [0.3, 0.4) is 0 Å². The van der Waals surface area contributed by atoms with Crippen LogP contribution in [0, 0.1) is 0 Å². The van der Waals surface area contributed by atoms with Gasteiger partial charge in [0.25, 0.3) is 0 Å². The van der Waals surface area contributed by atoms with E-state index in [0.717, 1.165) is 12.0 Å². The Morgan fingerprint density at radius 2 is 2.28 bits per heavy atom. The van der Waals surface area contributed by atoms with E-state index in [0.29, 0.717) is 6.54 Å². The lowest BCUT2D eigenvalue weighted by atomic mass is 10.1. The first-order valence-corrected chi connectivity index (χ1v) is 6.46. The summed E-state index contributed by atoms with van der Waals surface area (Å²) in [5.41, 5.74) is 3.52. The molecule has 1 heterocycles. The molecule has 1 unspecified atom stereocenters. The number of thiol groups is 1. The van der Waals surface area contributed by atoms with Gasteiger partial charge in [-0.25, -0.2) is 0 Å². The first-order chi connectivity index (χ1) is 8.61. The Hall–Kier alpha value is -1.42. The molecular weight excluding hydrogens is 244 g/mol. The van der Waals surface area contributed by atoms with E-state index >= 15 is 0 Å². The summed E-state index contributed by atoms with van der Waals surface area (Å²) in [6.07, 6.45) is 4.75. The van der Waals surface area contributed by atoms with Crippen molar-refractivity contribution >= 4 is 24.7 Å². The van der Waals surface area contributed by atoms with Crippen molar-refractivity contribution in [3.8, 4) is 0 Å². The Morgan fingerprint density at radius 1 is 1.56 bits per heavy atom. The summed E-state index contributed by atoms with van der Waals surface area (Å²) in [4.78, 5) is 10.3. The minimum absolute atomic E-state index is 0.271. The summed E-state index contributed by atoms with van der Waals surface area (Å²) in [5.74, 6) is 0.271. The van der Waals surface area contributed by atoms with E-state index in [4.69, 9.17) is 0 Å². The van der Waals surface area contributed by atoms with Crippen LogP contribution >= 0.6 is 12.6 Å². The molecule has 4 heteroatoms. The molecule has 3 nitrogen and oxygen atoms in total. The van der Waals surface area contributed by atoms with Crippen molar-refractivity contribution in [1.29, 1.82) is 0 Å². The number of hydrogen-bond donors (Lipinski definition) is 2. The number of rotatable bonds is 6. The lowest BCUT2D eigenvalue weighted by Crippen LogP contribution is -2.19. The van der Waals surface area contributed by atoms with Crippen molar-refractivity contribution in [2.75, 3.05) is 6.54 Å². The molecule has 0 bridgehead atoms. The molecule has 1 atom stereocenters. The molecule has 0 aromatic carbocycles. The number of hydrogen-bond acceptors (Lipinski definition) is 2. The molecule has 1 N–H and O–H groups in total. The van der Waals surface area contributed by atoms with E-state index in [1.165, 1.54) is 11.4 Å². The maximum Gasteiger partial charge on any atom is 0.207 e. The molecule has 0 aliphatic carbocycles. The Morgan fingerprint density at radius 3 is 2.89 bits per heavy atom. The van der Waals surface area contributed by atoms with Gasteiger partial charge in [-0.15, -0.1) is 0 Å². The Balaban J connectivity index is 3.01. The van der Waals surface area contributed by atoms with E-state index in [1.54, 1.807) is 5.41 Å². The van der Waals surface area contributed by atoms with Crippen molar-refractivity contribution in [3.63, 3.8) is 0 Å². The molecule has 1 aromatic heterocycles. The number of amides is 1. The number of nitrogens with one attached hydrogen (secondary N) is 1. The van der Waals surface area contributed by atoms with E-state index in [1.807, 2.05) is 18.3 Å². The average molecular weight is 264 g/mol. The van der Waals surface area contributed by atoms with Gasteiger partial charge in [0.15, 0.2) is 0 Å². The molecule has 0 saturated heterocycles. The fourth-order valence-corrected chi connectivity index (χ4v) is 2.08. The van der Waals surface area contributed by atoms with Crippen LogP contribution in [0.2, 0.25) is 0 Å². The third-order valence-electron chi connectivity index (χ3n) is 3.05. The maximum absolute atomic E-state index is 10.3. The zero-order valence-corrected chi connectivity index (χ0v) is 11.9. The molecule has 1 aromatic rings. The first-order valence-electron chi connectivity index (χ1n) is 5.94. The topological polar surface area (TPSA) is 34.0 Å². The number of aromatic nitrogens is 1. The van der Waals surface area contributed by atoms with E-state index in [2.05, 4.69) is 49.4 Å². The molecular formula is C14H20N2OS. The lowest BCUT2D eigenvalue weighted by Gasteiger charge is -2.16.